The average Bonchev–Trinajstić information content (AvgIpc) is 2.81. The Balaban J connectivity index is 1.94. The van der Waals surface area contributed by atoms with Gasteiger partial charge in [-0.2, -0.15) is 0 Å². The summed E-state index contributed by atoms with van der Waals surface area (Å²) in [5.74, 6) is -0.241. The number of thioether (sulfide) groups is 1. The number of non-ortho nitro benzene ring substituents is 1. The SMILES string of the molecule is O=C1/C(=C/c2cccc([N+](=O)[O-])c2)SC(=S)N1c1cccc(Br)c1. The molecule has 1 fully saturated rings. The summed E-state index contributed by atoms with van der Waals surface area (Å²) in [4.78, 5) is 24.9. The molecule has 0 saturated carbocycles. The molecule has 0 aromatic heterocycles. The van der Waals surface area contributed by atoms with Crippen molar-refractivity contribution in [2.24, 2.45) is 0 Å². The Morgan fingerprint density at radius 1 is 1.21 bits per heavy atom. The van der Waals surface area contributed by atoms with Crippen LogP contribution in [0.1, 0.15) is 5.56 Å². The van der Waals surface area contributed by atoms with Gasteiger partial charge in [0.25, 0.3) is 11.6 Å². The minimum absolute atomic E-state index is 0.0220. The second-order valence-corrected chi connectivity index (χ2v) is 7.44. The van der Waals surface area contributed by atoms with Crippen LogP contribution in [0.2, 0.25) is 0 Å². The maximum Gasteiger partial charge on any atom is 0.270 e. The first kappa shape index (κ1) is 16.8. The van der Waals surface area contributed by atoms with Crippen LogP contribution in [0.5, 0.6) is 0 Å². The molecule has 2 aromatic rings. The molecule has 1 heterocycles. The summed E-state index contributed by atoms with van der Waals surface area (Å²) in [6, 6.07) is 13.4. The Morgan fingerprint density at radius 3 is 2.67 bits per heavy atom. The van der Waals surface area contributed by atoms with Crippen LogP contribution in [0, 0.1) is 10.1 Å². The van der Waals surface area contributed by atoms with Crippen molar-refractivity contribution in [1.29, 1.82) is 0 Å². The second-order valence-electron chi connectivity index (χ2n) is 4.85. The fraction of sp³-hybridized carbons (Fsp3) is 0. The first-order valence-electron chi connectivity index (χ1n) is 6.74. The Bertz CT molecular complexity index is 898. The van der Waals surface area contributed by atoms with E-state index in [2.05, 4.69) is 15.9 Å². The first-order valence-corrected chi connectivity index (χ1v) is 8.75. The highest BCUT2D eigenvalue weighted by Gasteiger charge is 2.33. The molecule has 1 aliphatic heterocycles. The third-order valence-corrected chi connectivity index (χ3v) is 5.03. The molecule has 120 valence electrons. The average molecular weight is 421 g/mol. The van der Waals surface area contributed by atoms with E-state index >= 15 is 0 Å². The third-order valence-electron chi connectivity index (χ3n) is 3.24. The minimum Gasteiger partial charge on any atom is -0.268 e. The van der Waals surface area contributed by atoms with Crippen LogP contribution in [0.15, 0.2) is 57.9 Å². The van der Waals surface area contributed by atoms with Crippen molar-refractivity contribution < 1.29 is 9.72 Å². The van der Waals surface area contributed by atoms with Crippen LogP contribution < -0.4 is 4.90 Å². The van der Waals surface area contributed by atoms with Gasteiger partial charge in [-0.3, -0.25) is 19.8 Å². The molecule has 0 N–H and O–H groups in total. The van der Waals surface area contributed by atoms with Crippen LogP contribution >= 0.6 is 39.9 Å². The lowest BCUT2D eigenvalue weighted by molar-refractivity contribution is -0.384. The van der Waals surface area contributed by atoms with E-state index in [4.69, 9.17) is 12.2 Å². The molecular formula is C16H9BrN2O3S2. The zero-order valence-electron chi connectivity index (χ0n) is 12.0. The molecule has 0 spiro atoms. The lowest BCUT2D eigenvalue weighted by atomic mass is 10.2. The molecule has 8 heteroatoms. The molecule has 0 aliphatic carbocycles. The van der Waals surface area contributed by atoms with E-state index in [0.29, 0.717) is 20.5 Å². The highest BCUT2D eigenvalue weighted by molar-refractivity contribution is 9.10. The summed E-state index contributed by atoms with van der Waals surface area (Å²) in [6.07, 6.45) is 1.62. The van der Waals surface area contributed by atoms with Gasteiger partial charge in [0.05, 0.1) is 15.5 Å². The molecule has 1 saturated heterocycles. The Kier molecular flexibility index (Phi) is 4.79. The van der Waals surface area contributed by atoms with Crippen molar-refractivity contribution in [3.63, 3.8) is 0 Å². The number of carbonyl (C=O) groups is 1. The van der Waals surface area contributed by atoms with Crippen LogP contribution in [0.3, 0.4) is 0 Å². The summed E-state index contributed by atoms with van der Waals surface area (Å²) in [5.41, 5.74) is 1.24. The lowest BCUT2D eigenvalue weighted by Gasteiger charge is -2.14. The smallest absolute Gasteiger partial charge is 0.268 e. The molecule has 1 aliphatic rings. The number of nitro groups is 1. The molecule has 0 unspecified atom stereocenters. The third kappa shape index (κ3) is 3.40. The van der Waals surface area contributed by atoms with Crippen molar-refractivity contribution >= 4 is 67.6 Å². The van der Waals surface area contributed by atoms with Gasteiger partial charge in [-0.15, -0.1) is 0 Å². The molecule has 3 rings (SSSR count). The highest BCUT2D eigenvalue weighted by atomic mass is 79.9. The fourth-order valence-electron chi connectivity index (χ4n) is 2.19. The number of hydrogen-bond donors (Lipinski definition) is 0. The number of anilines is 1. The van der Waals surface area contributed by atoms with E-state index in [1.165, 1.54) is 28.8 Å². The number of rotatable bonds is 3. The van der Waals surface area contributed by atoms with Crippen molar-refractivity contribution in [2.45, 2.75) is 0 Å². The van der Waals surface area contributed by atoms with Crippen molar-refractivity contribution in [3.8, 4) is 0 Å². The molecule has 0 bridgehead atoms. The molecule has 5 nitrogen and oxygen atoms in total. The zero-order valence-corrected chi connectivity index (χ0v) is 15.2. The number of amides is 1. The largest absolute Gasteiger partial charge is 0.270 e. The van der Waals surface area contributed by atoms with Crippen molar-refractivity contribution in [1.82, 2.24) is 0 Å². The Labute approximate surface area is 155 Å². The predicted octanol–water partition coefficient (Wildman–Crippen LogP) is 4.76. The second kappa shape index (κ2) is 6.84. The molecule has 2 aromatic carbocycles. The van der Waals surface area contributed by atoms with Gasteiger partial charge in [0, 0.05) is 16.6 Å². The zero-order chi connectivity index (χ0) is 17.3. The van der Waals surface area contributed by atoms with Crippen LogP contribution in [0.4, 0.5) is 11.4 Å². The van der Waals surface area contributed by atoms with Gasteiger partial charge >= 0.3 is 0 Å². The summed E-state index contributed by atoms with van der Waals surface area (Å²) in [5, 5.41) is 10.9. The molecule has 0 radical (unpaired) electrons. The van der Waals surface area contributed by atoms with Gasteiger partial charge in [-0.05, 0) is 29.8 Å². The summed E-state index contributed by atoms with van der Waals surface area (Å²) >= 11 is 9.86. The standard InChI is InChI=1S/C16H9BrN2O3S2/c17-11-4-2-5-12(9-11)18-15(20)14(24-16(18)23)8-10-3-1-6-13(7-10)19(21)22/h1-9H/b14-8-. The number of thiocarbonyl (C=S) groups is 1. The normalized spacial score (nSPS) is 16.0. The van der Waals surface area contributed by atoms with E-state index in [1.54, 1.807) is 30.3 Å². The van der Waals surface area contributed by atoms with Gasteiger partial charge in [0.2, 0.25) is 0 Å². The fourth-order valence-corrected chi connectivity index (χ4v) is 3.87. The van der Waals surface area contributed by atoms with E-state index in [0.717, 1.165) is 4.47 Å². The van der Waals surface area contributed by atoms with Crippen LogP contribution in [-0.4, -0.2) is 15.2 Å². The number of nitrogens with zero attached hydrogens (tertiary/aromatic N) is 2. The molecular weight excluding hydrogens is 412 g/mol. The Morgan fingerprint density at radius 2 is 1.96 bits per heavy atom. The number of carbonyl (C=O) groups excluding carboxylic acids is 1. The van der Waals surface area contributed by atoms with Crippen LogP contribution in [-0.2, 0) is 4.79 Å². The van der Waals surface area contributed by atoms with Crippen molar-refractivity contribution in [2.75, 3.05) is 4.90 Å². The van der Waals surface area contributed by atoms with E-state index < -0.39 is 4.92 Å². The van der Waals surface area contributed by atoms with Gasteiger partial charge in [-0.1, -0.05) is 58.1 Å². The van der Waals surface area contributed by atoms with Gasteiger partial charge in [-0.25, -0.2) is 0 Å². The Hall–Kier alpha value is -2.03. The predicted molar refractivity (Wildman–Crippen MR) is 103 cm³/mol. The monoisotopic (exact) mass is 420 g/mol. The van der Waals surface area contributed by atoms with Crippen LogP contribution in [0.25, 0.3) is 6.08 Å². The van der Waals surface area contributed by atoms with Crippen molar-refractivity contribution in [3.05, 3.63) is 73.6 Å². The summed E-state index contributed by atoms with van der Waals surface area (Å²) < 4.78 is 1.27. The molecule has 1 amide bonds. The lowest BCUT2D eigenvalue weighted by Crippen LogP contribution is -2.27. The van der Waals surface area contributed by atoms with E-state index in [1.807, 2.05) is 12.1 Å². The quantitative estimate of drug-likeness (QED) is 0.309. The number of benzene rings is 2. The molecule has 24 heavy (non-hydrogen) atoms. The topological polar surface area (TPSA) is 63.4 Å². The van der Waals surface area contributed by atoms with Gasteiger partial charge in [0.1, 0.15) is 0 Å². The van der Waals surface area contributed by atoms with Gasteiger partial charge < -0.3 is 0 Å². The number of nitro benzene ring substituents is 1. The summed E-state index contributed by atoms with van der Waals surface area (Å²) in [7, 11) is 0. The van der Waals surface area contributed by atoms with E-state index in [9.17, 15) is 14.9 Å². The summed E-state index contributed by atoms with van der Waals surface area (Å²) in [6.45, 7) is 0. The number of hydrogen-bond acceptors (Lipinski definition) is 5. The minimum atomic E-state index is -0.468. The van der Waals surface area contributed by atoms with E-state index in [-0.39, 0.29) is 11.6 Å². The first-order chi connectivity index (χ1) is 11.5. The number of halogens is 1. The maximum atomic E-state index is 12.7. The molecule has 0 atom stereocenters. The van der Waals surface area contributed by atoms with Gasteiger partial charge in [0.15, 0.2) is 4.32 Å². The maximum absolute atomic E-state index is 12.7. The highest BCUT2D eigenvalue weighted by Crippen LogP contribution is 2.36.